The minimum atomic E-state index is -4.42. The van der Waals surface area contributed by atoms with Crippen LogP contribution in [0, 0.1) is 0 Å². The number of aromatic nitrogens is 2. The standard InChI is InChI=1S/C15H10F3N3O/c16-15(17,18)11-5-1-3-9(7-11)13-20-21-14(22-13)10-4-2-6-12(19)8-10/h1-8H,19H2. The maximum absolute atomic E-state index is 12.7. The smallest absolute Gasteiger partial charge is 0.416 e. The molecule has 0 spiro atoms. The lowest BCUT2D eigenvalue weighted by Gasteiger charge is -2.06. The van der Waals surface area contributed by atoms with Gasteiger partial charge in [0.1, 0.15) is 0 Å². The molecule has 0 aliphatic rings. The molecule has 0 saturated carbocycles. The van der Waals surface area contributed by atoms with Crippen LogP contribution in [0.25, 0.3) is 22.9 Å². The summed E-state index contributed by atoms with van der Waals surface area (Å²) >= 11 is 0. The highest BCUT2D eigenvalue weighted by atomic mass is 19.4. The van der Waals surface area contributed by atoms with Gasteiger partial charge in [-0.15, -0.1) is 10.2 Å². The molecule has 22 heavy (non-hydrogen) atoms. The molecule has 112 valence electrons. The summed E-state index contributed by atoms with van der Waals surface area (Å²) in [5.74, 6) is 0.211. The van der Waals surface area contributed by atoms with Crippen LogP contribution in [0.5, 0.6) is 0 Å². The second-order valence-electron chi connectivity index (χ2n) is 4.62. The molecule has 0 atom stereocenters. The van der Waals surface area contributed by atoms with Crippen molar-refractivity contribution >= 4 is 5.69 Å². The van der Waals surface area contributed by atoms with Gasteiger partial charge in [0.05, 0.1) is 5.56 Å². The normalized spacial score (nSPS) is 11.6. The lowest BCUT2D eigenvalue weighted by Crippen LogP contribution is -2.04. The van der Waals surface area contributed by atoms with Crippen LogP contribution in [0.4, 0.5) is 18.9 Å². The van der Waals surface area contributed by atoms with Gasteiger partial charge in [0, 0.05) is 16.8 Å². The number of nitrogen functional groups attached to an aromatic ring is 1. The zero-order valence-electron chi connectivity index (χ0n) is 11.1. The number of rotatable bonds is 2. The number of nitrogens with zero attached hydrogens (tertiary/aromatic N) is 2. The van der Waals surface area contributed by atoms with Gasteiger partial charge in [-0.05, 0) is 36.4 Å². The van der Waals surface area contributed by atoms with Gasteiger partial charge in [0.2, 0.25) is 11.8 Å². The summed E-state index contributed by atoms with van der Waals surface area (Å²) in [6, 6.07) is 11.5. The predicted molar refractivity (Wildman–Crippen MR) is 74.6 cm³/mol. The van der Waals surface area contributed by atoms with Crippen molar-refractivity contribution in [2.75, 3.05) is 5.73 Å². The first-order valence-electron chi connectivity index (χ1n) is 6.30. The average Bonchev–Trinajstić information content (AvgIpc) is 2.96. The molecule has 1 heterocycles. The minimum Gasteiger partial charge on any atom is -0.416 e. The molecule has 3 rings (SSSR count). The van der Waals surface area contributed by atoms with Crippen LogP contribution in [0.2, 0.25) is 0 Å². The number of nitrogens with two attached hydrogens (primary N) is 1. The molecule has 0 aliphatic heterocycles. The minimum absolute atomic E-state index is 0.0172. The Kier molecular flexibility index (Phi) is 3.32. The van der Waals surface area contributed by atoms with Crippen molar-refractivity contribution in [3.8, 4) is 22.9 Å². The van der Waals surface area contributed by atoms with Crippen molar-refractivity contribution in [3.05, 3.63) is 54.1 Å². The van der Waals surface area contributed by atoms with Crippen LogP contribution in [0.1, 0.15) is 5.56 Å². The van der Waals surface area contributed by atoms with E-state index in [-0.39, 0.29) is 17.3 Å². The Bertz CT molecular complexity index is 812. The van der Waals surface area contributed by atoms with E-state index < -0.39 is 11.7 Å². The summed E-state index contributed by atoms with van der Waals surface area (Å²) in [5, 5.41) is 7.63. The average molecular weight is 305 g/mol. The molecule has 0 unspecified atom stereocenters. The van der Waals surface area contributed by atoms with E-state index in [1.807, 2.05) is 0 Å². The monoisotopic (exact) mass is 305 g/mol. The summed E-state index contributed by atoms with van der Waals surface area (Å²) in [6.07, 6.45) is -4.42. The van der Waals surface area contributed by atoms with Gasteiger partial charge in [-0.1, -0.05) is 12.1 Å². The van der Waals surface area contributed by atoms with Crippen molar-refractivity contribution in [2.24, 2.45) is 0 Å². The number of hydrogen-bond acceptors (Lipinski definition) is 4. The highest BCUT2D eigenvalue weighted by molar-refractivity contribution is 5.62. The van der Waals surface area contributed by atoms with Crippen LogP contribution in [-0.2, 0) is 6.18 Å². The molecular formula is C15H10F3N3O. The first kappa shape index (κ1) is 14.1. The molecule has 2 N–H and O–H groups in total. The Labute approximate surface area is 123 Å². The Balaban J connectivity index is 1.98. The van der Waals surface area contributed by atoms with Crippen molar-refractivity contribution in [1.82, 2.24) is 10.2 Å². The predicted octanol–water partition coefficient (Wildman–Crippen LogP) is 4.00. The summed E-state index contributed by atoms with van der Waals surface area (Å²) in [5.41, 5.74) is 6.23. The summed E-state index contributed by atoms with van der Waals surface area (Å²) in [6.45, 7) is 0. The van der Waals surface area contributed by atoms with E-state index in [1.54, 1.807) is 24.3 Å². The third-order valence-corrected chi connectivity index (χ3v) is 3.00. The molecule has 1 aromatic heterocycles. The molecule has 0 bridgehead atoms. The number of anilines is 1. The first-order valence-corrected chi connectivity index (χ1v) is 6.30. The molecule has 0 amide bonds. The fraction of sp³-hybridized carbons (Fsp3) is 0.0667. The van der Waals surface area contributed by atoms with Crippen molar-refractivity contribution in [1.29, 1.82) is 0 Å². The van der Waals surface area contributed by atoms with Crippen molar-refractivity contribution < 1.29 is 17.6 Å². The second-order valence-corrected chi connectivity index (χ2v) is 4.62. The zero-order chi connectivity index (χ0) is 15.7. The molecule has 0 aliphatic carbocycles. The van der Waals surface area contributed by atoms with Crippen LogP contribution in [0.15, 0.2) is 52.9 Å². The number of halogens is 3. The maximum atomic E-state index is 12.7. The van der Waals surface area contributed by atoms with Crippen LogP contribution in [0.3, 0.4) is 0 Å². The van der Waals surface area contributed by atoms with Crippen molar-refractivity contribution in [3.63, 3.8) is 0 Å². The Morgan fingerprint density at radius 3 is 2.05 bits per heavy atom. The quantitative estimate of drug-likeness (QED) is 0.727. The first-order chi connectivity index (χ1) is 10.4. The number of benzene rings is 2. The van der Waals surface area contributed by atoms with E-state index in [4.69, 9.17) is 10.2 Å². The van der Waals surface area contributed by atoms with E-state index in [1.165, 1.54) is 12.1 Å². The number of hydrogen-bond donors (Lipinski definition) is 1. The SMILES string of the molecule is Nc1cccc(-c2nnc(-c3cccc(C(F)(F)F)c3)o2)c1. The lowest BCUT2D eigenvalue weighted by atomic mass is 10.1. The van der Waals surface area contributed by atoms with Crippen LogP contribution in [-0.4, -0.2) is 10.2 Å². The molecule has 0 radical (unpaired) electrons. The fourth-order valence-electron chi connectivity index (χ4n) is 1.96. The Hall–Kier alpha value is -2.83. The molecule has 7 heteroatoms. The van der Waals surface area contributed by atoms with E-state index in [9.17, 15) is 13.2 Å². The van der Waals surface area contributed by atoms with E-state index in [0.717, 1.165) is 12.1 Å². The lowest BCUT2D eigenvalue weighted by molar-refractivity contribution is -0.137. The summed E-state index contributed by atoms with van der Waals surface area (Å²) in [4.78, 5) is 0. The fourth-order valence-corrected chi connectivity index (χ4v) is 1.96. The molecular weight excluding hydrogens is 295 g/mol. The number of alkyl halides is 3. The Morgan fingerprint density at radius 1 is 0.864 bits per heavy atom. The van der Waals surface area contributed by atoms with Gasteiger partial charge in [-0.3, -0.25) is 0 Å². The third kappa shape index (κ3) is 2.78. The van der Waals surface area contributed by atoms with Crippen molar-refractivity contribution in [2.45, 2.75) is 6.18 Å². The molecule has 2 aromatic carbocycles. The van der Waals surface area contributed by atoms with Gasteiger partial charge in [-0.25, -0.2) is 0 Å². The third-order valence-electron chi connectivity index (χ3n) is 3.00. The van der Waals surface area contributed by atoms with Gasteiger partial charge >= 0.3 is 6.18 Å². The molecule has 4 nitrogen and oxygen atoms in total. The maximum Gasteiger partial charge on any atom is 0.416 e. The highest BCUT2D eigenvalue weighted by Crippen LogP contribution is 2.32. The van der Waals surface area contributed by atoms with Gasteiger partial charge < -0.3 is 10.2 Å². The Morgan fingerprint density at radius 2 is 1.45 bits per heavy atom. The zero-order valence-corrected chi connectivity index (χ0v) is 11.1. The van der Waals surface area contributed by atoms with Crippen LogP contribution >= 0.6 is 0 Å². The summed E-state index contributed by atoms with van der Waals surface area (Å²) in [7, 11) is 0. The molecule has 0 fully saturated rings. The van der Waals surface area contributed by atoms with E-state index >= 15 is 0 Å². The summed E-state index contributed by atoms with van der Waals surface area (Å²) < 4.78 is 43.6. The van der Waals surface area contributed by atoms with Gasteiger partial charge in [-0.2, -0.15) is 13.2 Å². The second kappa shape index (κ2) is 5.18. The highest BCUT2D eigenvalue weighted by Gasteiger charge is 2.30. The van der Waals surface area contributed by atoms with Gasteiger partial charge in [0.15, 0.2) is 0 Å². The topological polar surface area (TPSA) is 64.9 Å². The van der Waals surface area contributed by atoms with E-state index in [2.05, 4.69) is 10.2 Å². The molecule has 0 saturated heterocycles. The van der Waals surface area contributed by atoms with Gasteiger partial charge in [0.25, 0.3) is 0 Å². The molecule has 3 aromatic rings. The van der Waals surface area contributed by atoms with E-state index in [0.29, 0.717) is 11.3 Å². The van der Waals surface area contributed by atoms with Crippen LogP contribution < -0.4 is 5.73 Å². The largest absolute Gasteiger partial charge is 0.416 e.